The first-order chi connectivity index (χ1) is 8.41. The molecule has 0 spiro atoms. The van der Waals surface area contributed by atoms with Crippen LogP contribution < -0.4 is 0 Å². The third-order valence-electron chi connectivity index (χ3n) is 2.21. The van der Waals surface area contributed by atoms with Crippen molar-refractivity contribution in [2.45, 2.75) is 12.1 Å². The molecule has 18 heavy (non-hydrogen) atoms. The van der Waals surface area contributed by atoms with E-state index in [1.807, 2.05) is 0 Å². The number of nitrogens with one attached hydrogen (secondary N) is 1. The number of fused-ring (bicyclic) bond motifs is 1. The van der Waals surface area contributed by atoms with E-state index in [9.17, 15) is 13.2 Å². The van der Waals surface area contributed by atoms with Gasteiger partial charge < -0.3 is 10.1 Å². The van der Waals surface area contributed by atoms with Crippen LogP contribution in [0.15, 0.2) is 22.7 Å². The Kier molecular flexibility index (Phi) is 5.07. The van der Waals surface area contributed by atoms with Crippen LogP contribution in [0.25, 0.3) is 10.9 Å². The molecule has 2 rings (SSSR count). The molecule has 0 saturated carbocycles. The average molecular weight is 345 g/mol. The first kappa shape index (κ1) is 15.3. The number of benzene rings is 1. The van der Waals surface area contributed by atoms with Crippen LogP contribution in [0.5, 0.6) is 0 Å². The molecular weight excluding hydrogens is 334 g/mol. The van der Waals surface area contributed by atoms with Crippen molar-refractivity contribution in [1.82, 2.24) is 4.98 Å². The van der Waals surface area contributed by atoms with Crippen molar-refractivity contribution in [3.05, 3.63) is 33.9 Å². The maximum Gasteiger partial charge on any atom is 0.417 e. The SMILES string of the molecule is CO.FC(F)(F)c1cc2cc(CCl)[nH]c2cc1Br. The molecule has 1 heterocycles. The van der Waals surface area contributed by atoms with E-state index in [-0.39, 0.29) is 10.4 Å². The topological polar surface area (TPSA) is 36.0 Å². The second kappa shape index (κ2) is 5.95. The third kappa shape index (κ3) is 3.18. The highest BCUT2D eigenvalue weighted by atomic mass is 79.9. The van der Waals surface area contributed by atoms with E-state index in [1.165, 1.54) is 6.07 Å². The highest BCUT2D eigenvalue weighted by Gasteiger charge is 2.33. The zero-order valence-corrected chi connectivity index (χ0v) is 11.6. The fraction of sp³-hybridized carbons (Fsp3) is 0.273. The van der Waals surface area contributed by atoms with Crippen LogP contribution in [0.3, 0.4) is 0 Å². The van der Waals surface area contributed by atoms with Gasteiger partial charge in [0.1, 0.15) is 0 Å². The Morgan fingerprint density at radius 3 is 2.39 bits per heavy atom. The summed E-state index contributed by atoms with van der Waals surface area (Å²) in [5, 5.41) is 7.51. The number of hydrogen-bond donors (Lipinski definition) is 2. The van der Waals surface area contributed by atoms with E-state index < -0.39 is 11.7 Å². The standard InChI is InChI=1S/C10H6BrClF3N.CH4O/c11-8-3-9-5(1-6(4-12)16-9)2-7(8)10(13,14)15;1-2/h1-3,16H,4H2;2H,1H3. The summed E-state index contributed by atoms with van der Waals surface area (Å²) in [6, 6.07) is 4.13. The van der Waals surface area contributed by atoms with Crippen molar-refractivity contribution in [1.29, 1.82) is 0 Å². The van der Waals surface area contributed by atoms with Gasteiger partial charge in [-0.1, -0.05) is 15.9 Å². The van der Waals surface area contributed by atoms with Crippen LogP contribution in [0.2, 0.25) is 0 Å². The van der Waals surface area contributed by atoms with Crippen LogP contribution in [-0.2, 0) is 12.1 Å². The summed E-state index contributed by atoms with van der Waals surface area (Å²) < 4.78 is 37.8. The minimum absolute atomic E-state index is 0.0236. The Balaban J connectivity index is 0.000000771. The van der Waals surface area contributed by atoms with Gasteiger partial charge in [-0.2, -0.15) is 13.2 Å². The lowest BCUT2D eigenvalue weighted by molar-refractivity contribution is -0.138. The number of alkyl halides is 4. The van der Waals surface area contributed by atoms with E-state index in [0.29, 0.717) is 16.6 Å². The summed E-state index contributed by atoms with van der Waals surface area (Å²) in [5.74, 6) is 0.244. The lowest BCUT2D eigenvalue weighted by Gasteiger charge is -2.08. The van der Waals surface area contributed by atoms with E-state index in [4.69, 9.17) is 16.7 Å². The van der Waals surface area contributed by atoms with Gasteiger partial charge >= 0.3 is 6.18 Å². The Morgan fingerprint density at radius 1 is 1.28 bits per heavy atom. The Morgan fingerprint density at radius 2 is 1.89 bits per heavy atom. The molecule has 0 aliphatic heterocycles. The highest BCUT2D eigenvalue weighted by molar-refractivity contribution is 9.10. The minimum atomic E-state index is -4.36. The van der Waals surface area contributed by atoms with E-state index in [0.717, 1.165) is 13.2 Å². The number of aromatic amines is 1. The molecule has 1 aromatic heterocycles. The van der Waals surface area contributed by atoms with Gasteiger partial charge in [-0.25, -0.2) is 0 Å². The number of aromatic nitrogens is 1. The fourth-order valence-corrected chi connectivity index (χ4v) is 2.22. The number of hydrogen-bond acceptors (Lipinski definition) is 1. The van der Waals surface area contributed by atoms with E-state index in [2.05, 4.69) is 20.9 Å². The van der Waals surface area contributed by atoms with Crippen molar-refractivity contribution in [3.63, 3.8) is 0 Å². The van der Waals surface area contributed by atoms with Crippen molar-refractivity contribution >= 4 is 38.4 Å². The molecule has 1 aromatic carbocycles. The first-order valence-electron chi connectivity index (χ1n) is 4.81. The molecule has 0 fully saturated rings. The molecule has 0 aliphatic rings. The molecule has 0 bridgehead atoms. The fourth-order valence-electron chi connectivity index (χ4n) is 1.50. The quantitative estimate of drug-likeness (QED) is 0.744. The molecule has 0 atom stereocenters. The zero-order valence-electron chi connectivity index (χ0n) is 9.28. The molecule has 0 radical (unpaired) electrons. The van der Waals surface area contributed by atoms with Crippen molar-refractivity contribution in [3.8, 4) is 0 Å². The molecule has 7 heteroatoms. The molecule has 100 valence electrons. The van der Waals surface area contributed by atoms with Crippen molar-refractivity contribution in [2.24, 2.45) is 0 Å². The van der Waals surface area contributed by atoms with Gasteiger partial charge in [-0.3, -0.25) is 0 Å². The smallest absolute Gasteiger partial charge is 0.400 e. The van der Waals surface area contributed by atoms with Crippen molar-refractivity contribution < 1.29 is 18.3 Å². The summed E-state index contributed by atoms with van der Waals surface area (Å²) >= 11 is 8.51. The largest absolute Gasteiger partial charge is 0.417 e. The molecule has 0 unspecified atom stereocenters. The van der Waals surface area contributed by atoms with Gasteiger partial charge in [-0.15, -0.1) is 11.6 Å². The van der Waals surface area contributed by atoms with Crippen molar-refractivity contribution in [2.75, 3.05) is 7.11 Å². The zero-order chi connectivity index (χ0) is 13.9. The molecule has 0 amide bonds. The van der Waals surface area contributed by atoms with Gasteiger partial charge in [0.05, 0.1) is 11.4 Å². The molecule has 2 aromatic rings. The first-order valence-corrected chi connectivity index (χ1v) is 6.13. The summed E-state index contributed by atoms with van der Waals surface area (Å²) in [7, 11) is 1.00. The number of rotatable bonds is 1. The summed E-state index contributed by atoms with van der Waals surface area (Å²) in [6.45, 7) is 0. The van der Waals surface area contributed by atoms with E-state index >= 15 is 0 Å². The third-order valence-corrected chi connectivity index (χ3v) is 3.16. The maximum absolute atomic E-state index is 12.6. The molecule has 0 saturated heterocycles. The Labute approximate surface area is 115 Å². The van der Waals surface area contributed by atoms with Gasteiger partial charge in [0.25, 0.3) is 0 Å². The number of aliphatic hydroxyl groups is 1. The predicted molar refractivity (Wildman–Crippen MR) is 68.7 cm³/mol. The average Bonchev–Trinajstić information content (AvgIpc) is 2.71. The normalized spacial score (nSPS) is 11.3. The molecule has 2 nitrogen and oxygen atoms in total. The van der Waals surface area contributed by atoms with Crippen LogP contribution in [0, 0.1) is 0 Å². The second-order valence-corrected chi connectivity index (χ2v) is 4.47. The van der Waals surface area contributed by atoms with Crippen LogP contribution in [0.4, 0.5) is 13.2 Å². The van der Waals surface area contributed by atoms with Crippen LogP contribution in [-0.4, -0.2) is 17.2 Å². The van der Waals surface area contributed by atoms with Gasteiger partial charge in [0, 0.05) is 28.2 Å². The summed E-state index contributed by atoms with van der Waals surface area (Å²) in [5.41, 5.74) is 0.651. The lowest BCUT2D eigenvalue weighted by atomic mass is 10.1. The monoisotopic (exact) mass is 343 g/mol. The van der Waals surface area contributed by atoms with E-state index in [1.54, 1.807) is 6.07 Å². The Bertz CT molecular complexity index is 539. The highest BCUT2D eigenvalue weighted by Crippen LogP contribution is 2.37. The molecular formula is C11H10BrClF3NO. The molecule has 2 N–H and O–H groups in total. The maximum atomic E-state index is 12.6. The Hall–Kier alpha value is -0.720. The number of H-pyrrole nitrogens is 1. The van der Waals surface area contributed by atoms with Gasteiger partial charge in [0.2, 0.25) is 0 Å². The predicted octanol–water partition coefficient (Wildman–Crippen LogP) is 4.30. The molecule has 0 aliphatic carbocycles. The number of aliphatic hydroxyl groups excluding tert-OH is 1. The van der Waals surface area contributed by atoms with Gasteiger partial charge in [-0.05, 0) is 18.2 Å². The van der Waals surface area contributed by atoms with Crippen LogP contribution in [0.1, 0.15) is 11.3 Å². The second-order valence-electron chi connectivity index (χ2n) is 3.35. The lowest BCUT2D eigenvalue weighted by Crippen LogP contribution is -2.05. The summed E-state index contributed by atoms with van der Waals surface area (Å²) in [4.78, 5) is 2.94. The van der Waals surface area contributed by atoms with Gasteiger partial charge in [0.15, 0.2) is 0 Å². The van der Waals surface area contributed by atoms with Crippen LogP contribution >= 0.6 is 27.5 Å². The number of halogens is 5. The minimum Gasteiger partial charge on any atom is -0.400 e. The summed E-state index contributed by atoms with van der Waals surface area (Å²) in [6.07, 6.45) is -4.36.